The quantitative estimate of drug-likeness (QED) is 0.760. The molecule has 0 N–H and O–H groups in total. The van der Waals surface area contributed by atoms with Crippen LogP contribution in [0.1, 0.15) is 18.7 Å². The predicted molar refractivity (Wildman–Crippen MR) is 68.3 cm³/mol. The first kappa shape index (κ1) is 12.5. The molecule has 0 bridgehead atoms. The van der Waals surface area contributed by atoms with Gasteiger partial charge in [-0.25, -0.2) is 0 Å². The first-order valence-corrected chi connectivity index (χ1v) is 6.67. The fraction of sp³-hybridized carbons (Fsp3) is 0.600. The van der Waals surface area contributed by atoms with Crippen LogP contribution < -0.4 is 0 Å². The molecular formula is C10H15BrClNS. The summed E-state index contributed by atoms with van der Waals surface area (Å²) in [6, 6.07) is 2.08. The maximum Gasteiger partial charge on any atom is 0.0402 e. The normalized spacial score (nSPS) is 12.4. The van der Waals surface area contributed by atoms with Crippen LogP contribution in [0.15, 0.2) is 15.9 Å². The van der Waals surface area contributed by atoms with Gasteiger partial charge in [0.25, 0.3) is 0 Å². The van der Waals surface area contributed by atoms with E-state index >= 15 is 0 Å². The Balaban J connectivity index is 2.66. The summed E-state index contributed by atoms with van der Waals surface area (Å²) in [4.78, 5) is 3.63. The maximum atomic E-state index is 5.92. The lowest BCUT2D eigenvalue weighted by Gasteiger charge is -2.33. The van der Waals surface area contributed by atoms with Crippen LogP contribution in [0.25, 0.3) is 0 Å². The van der Waals surface area contributed by atoms with Gasteiger partial charge in [0.05, 0.1) is 0 Å². The van der Waals surface area contributed by atoms with Gasteiger partial charge in [-0.15, -0.1) is 22.9 Å². The fourth-order valence-electron chi connectivity index (χ4n) is 0.969. The molecule has 0 aromatic carbocycles. The van der Waals surface area contributed by atoms with Gasteiger partial charge in [0, 0.05) is 27.3 Å². The zero-order valence-electron chi connectivity index (χ0n) is 8.68. The standard InChI is InChI=1S/C10H15BrClNS/c1-10(2,7-12)13(3)6-9-8(11)4-5-14-9/h4-5H,6-7H2,1-3H3. The summed E-state index contributed by atoms with van der Waals surface area (Å²) in [6.45, 7) is 5.25. The molecule has 0 amide bonds. The number of hydrogen-bond acceptors (Lipinski definition) is 2. The van der Waals surface area contributed by atoms with Crippen molar-refractivity contribution < 1.29 is 0 Å². The number of nitrogens with zero attached hydrogens (tertiary/aromatic N) is 1. The Morgan fingerprint density at radius 1 is 1.57 bits per heavy atom. The Bertz CT molecular complexity index is 298. The van der Waals surface area contributed by atoms with E-state index < -0.39 is 0 Å². The van der Waals surface area contributed by atoms with Crippen LogP contribution in [0, 0.1) is 0 Å². The van der Waals surface area contributed by atoms with Crippen LogP contribution in [0.2, 0.25) is 0 Å². The fourth-order valence-corrected chi connectivity index (χ4v) is 2.70. The summed E-state index contributed by atoms with van der Waals surface area (Å²) >= 11 is 11.2. The van der Waals surface area contributed by atoms with Gasteiger partial charge in [0.15, 0.2) is 0 Å². The van der Waals surface area contributed by atoms with E-state index in [4.69, 9.17) is 11.6 Å². The first-order chi connectivity index (χ1) is 6.47. The SMILES string of the molecule is CN(Cc1sccc1Br)C(C)(C)CCl. The van der Waals surface area contributed by atoms with Gasteiger partial charge in [-0.3, -0.25) is 4.90 Å². The second-order valence-electron chi connectivity index (χ2n) is 3.99. The smallest absolute Gasteiger partial charge is 0.0402 e. The minimum Gasteiger partial charge on any atom is -0.295 e. The van der Waals surface area contributed by atoms with E-state index in [9.17, 15) is 0 Å². The topological polar surface area (TPSA) is 3.24 Å². The average Bonchev–Trinajstić information content (AvgIpc) is 2.52. The van der Waals surface area contributed by atoms with E-state index in [-0.39, 0.29) is 5.54 Å². The molecule has 1 rings (SSSR count). The zero-order valence-corrected chi connectivity index (χ0v) is 11.8. The third kappa shape index (κ3) is 2.96. The Hall–Kier alpha value is 0.430. The van der Waals surface area contributed by atoms with Crippen molar-refractivity contribution in [1.82, 2.24) is 4.90 Å². The molecule has 0 saturated heterocycles. The van der Waals surface area contributed by atoms with Crippen molar-refractivity contribution in [2.75, 3.05) is 12.9 Å². The van der Waals surface area contributed by atoms with Crippen molar-refractivity contribution >= 4 is 38.9 Å². The van der Waals surface area contributed by atoms with E-state index in [0.29, 0.717) is 5.88 Å². The Morgan fingerprint density at radius 2 is 2.21 bits per heavy atom. The molecule has 80 valence electrons. The van der Waals surface area contributed by atoms with Crippen molar-refractivity contribution in [3.8, 4) is 0 Å². The van der Waals surface area contributed by atoms with Crippen LogP contribution in [0.3, 0.4) is 0 Å². The highest BCUT2D eigenvalue weighted by atomic mass is 79.9. The van der Waals surface area contributed by atoms with Crippen molar-refractivity contribution in [2.45, 2.75) is 25.9 Å². The first-order valence-electron chi connectivity index (χ1n) is 4.46. The molecule has 0 radical (unpaired) electrons. The van der Waals surface area contributed by atoms with Crippen molar-refractivity contribution in [3.63, 3.8) is 0 Å². The molecule has 14 heavy (non-hydrogen) atoms. The lowest BCUT2D eigenvalue weighted by molar-refractivity contribution is 0.172. The minimum atomic E-state index is 0.0466. The molecule has 0 atom stereocenters. The number of rotatable bonds is 4. The molecule has 0 saturated carbocycles. The predicted octanol–water partition coefficient (Wildman–Crippen LogP) is 3.96. The number of hydrogen-bond donors (Lipinski definition) is 0. The summed E-state index contributed by atoms with van der Waals surface area (Å²) in [5.74, 6) is 0.645. The molecule has 1 aromatic rings. The Kier molecular flexibility index (Phi) is 4.44. The van der Waals surface area contributed by atoms with Crippen LogP contribution >= 0.6 is 38.9 Å². The molecule has 4 heteroatoms. The van der Waals surface area contributed by atoms with Crippen LogP contribution in [-0.2, 0) is 6.54 Å². The number of halogens is 2. The Morgan fingerprint density at radius 3 is 2.64 bits per heavy atom. The zero-order chi connectivity index (χ0) is 10.8. The van der Waals surface area contributed by atoms with Gasteiger partial charge >= 0.3 is 0 Å². The second-order valence-corrected chi connectivity index (χ2v) is 6.12. The average molecular weight is 297 g/mol. The molecule has 1 heterocycles. The van der Waals surface area contributed by atoms with E-state index in [2.05, 4.69) is 53.2 Å². The van der Waals surface area contributed by atoms with Crippen LogP contribution in [0.4, 0.5) is 0 Å². The van der Waals surface area contributed by atoms with Gasteiger partial charge in [-0.05, 0) is 48.3 Å². The van der Waals surface area contributed by atoms with Gasteiger partial charge in [-0.1, -0.05) is 0 Å². The van der Waals surface area contributed by atoms with Crippen molar-refractivity contribution in [1.29, 1.82) is 0 Å². The largest absolute Gasteiger partial charge is 0.295 e. The number of thiophene rings is 1. The summed E-state index contributed by atoms with van der Waals surface area (Å²) < 4.78 is 1.19. The van der Waals surface area contributed by atoms with E-state index in [1.54, 1.807) is 11.3 Å². The molecular weight excluding hydrogens is 282 g/mol. The lowest BCUT2D eigenvalue weighted by Crippen LogP contribution is -2.42. The molecule has 0 unspecified atom stereocenters. The van der Waals surface area contributed by atoms with Crippen molar-refractivity contribution in [2.24, 2.45) is 0 Å². The third-order valence-electron chi connectivity index (χ3n) is 2.43. The van der Waals surface area contributed by atoms with Crippen LogP contribution in [0.5, 0.6) is 0 Å². The highest BCUT2D eigenvalue weighted by Gasteiger charge is 2.22. The molecule has 0 aliphatic heterocycles. The third-order valence-corrected chi connectivity index (χ3v) is 5.00. The van der Waals surface area contributed by atoms with E-state index in [0.717, 1.165) is 6.54 Å². The van der Waals surface area contributed by atoms with Crippen molar-refractivity contribution in [3.05, 3.63) is 20.8 Å². The molecule has 0 aliphatic carbocycles. The molecule has 0 spiro atoms. The van der Waals surface area contributed by atoms with Gasteiger partial charge in [0.2, 0.25) is 0 Å². The molecule has 0 aliphatic rings. The lowest BCUT2D eigenvalue weighted by atomic mass is 10.1. The minimum absolute atomic E-state index is 0.0466. The molecule has 1 nitrogen and oxygen atoms in total. The maximum absolute atomic E-state index is 5.92. The second kappa shape index (κ2) is 4.97. The monoisotopic (exact) mass is 295 g/mol. The van der Waals surface area contributed by atoms with E-state index in [1.807, 2.05) is 0 Å². The van der Waals surface area contributed by atoms with Crippen LogP contribution in [-0.4, -0.2) is 23.4 Å². The van der Waals surface area contributed by atoms with E-state index in [1.165, 1.54) is 9.35 Å². The van der Waals surface area contributed by atoms with Gasteiger partial charge < -0.3 is 0 Å². The van der Waals surface area contributed by atoms with Gasteiger partial charge in [-0.2, -0.15) is 0 Å². The van der Waals surface area contributed by atoms with Gasteiger partial charge in [0.1, 0.15) is 0 Å². The molecule has 1 aromatic heterocycles. The summed E-state index contributed by atoms with van der Waals surface area (Å²) in [6.07, 6.45) is 0. The highest BCUT2D eigenvalue weighted by molar-refractivity contribution is 9.10. The Labute approximate surface area is 103 Å². The number of alkyl halides is 1. The molecule has 0 fully saturated rings. The summed E-state index contributed by atoms with van der Waals surface area (Å²) in [5.41, 5.74) is 0.0466. The highest BCUT2D eigenvalue weighted by Crippen LogP contribution is 2.26. The summed E-state index contributed by atoms with van der Waals surface area (Å²) in [5, 5.41) is 2.10. The summed E-state index contributed by atoms with van der Waals surface area (Å²) in [7, 11) is 2.11.